The lowest BCUT2D eigenvalue weighted by Crippen LogP contribution is -2.45. The van der Waals surface area contributed by atoms with E-state index in [4.69, 9.17) is 4.74 Å². The van der Waals surface area contributed by atoms with Crippen molar-refractivity contribution in [3.05, 3.63) is 17.0 Å². The minimum absolute atomic E-state index is 0.425. The van der Waals surface area contributed by atoms with E-state index in [0.717, 1.165) is 36.6 Å². The number of hydrogen-bond acceptors (Lipinski definition) is 4. The number of nitrogens with zero attached hydrogens (tertiary/aromatic N) is 3. The zero-order valence-corrected chi connectivity index (χ0v) is 10.3. The highest BCUT2D eigenvalue weighted by molar-refractivity contribution is 9.10. The number of halogens is 1. The van der Waals surface area contributed by atoms with Crippen molar-refractivity contribution in [2.75, 3.05) is 24.7 Å². The van der Waals surface area contributed by atoms with Crippen LogP contribution in [0.4, 0.5) is 5.82 Å². The molecule has 0 aromatic carbocycles. The van der Waals surface area contributed by atoms with Gasteiger partial charge < -0.3 is 9.64 Å². The van der Waals surface area contributed by atoms with Gasteiger partial charge in [0.05, 0.1) is 31.6 Å². The van der Waals surface area contributed by atoms with E-state index in [1.165, 1.54) is 0 Å². The third-order valence-corrected chi connectivity index (χ3v) is 3.01. The predicted molar refractivity (Wildman–Crippen MR) is 62.0 cm³/mol. The van der Waals surface area contributed by atoms with E-state index in [1.54, 1.807) is 12.4 Å². The molecule has 0 aliphatic carbocycles. The number of rotatable bonds is 2. The Hall–Kier alpha value is -0.680. The van der Waals surface area contributed by atoms with Gasteiger partial charge in [-0.1, -0.05) is 6.92 Å². The Kier molecular flexibility index (Phi) is 3.53. The quantitative estimate of drug-likeness (QED) is 0.823. The molecule has 1 saturated heterocycles. The zero-order chi connectivity index (χ0) is 10.7. The number of hydrogen-bond donors (Lipinski definition) is 0. The lowest BCUT2D eigenvalue weighted by molar-refractivity contribution is 0.0925. The van der Waals surface area contributed by atoms with Crippen LogP contribution in [0.15, 0.2) is 17.0 Å². The zero-order valence-electron chi connectivity index (χ0n) is 8.69. The Bertz CT molecular complexity index is 317. The average molecular weight is 272 g/mol. The SMILES string of the molecule is CCC1COCCN1c1cnc(Br)cn1. The van der Waals surface area contributed by atoms with Crippen LogP contribution in [-0.4, -0.2) is 35.8 Å². The van der Waals surface area contributed by atoms with Gasteiger partial charge in [-0.3, -0.25) is 0 Å². The third kappa shape index (κ3) is 2.46. The molecule has 0 amide bonds. The molecule has 0 N–H and O–H groups in total. The lowest BCUT2D eigenvalue weighted by atomic mass is 10.2. The van der Waals surface area contributed by atoms with E-state index in [9.17, 15) is 0 Å². The minimum Gasteiger partial charge on any atom is -0.377 e. The number of aromatic nitrogens is 2. The van der Waals surface area contributed by atoms with Crippen LogP contribution < -0.4 is 4.90 Å². The fourth-order valence-corrected chi connectivity index (χ4v) is 1.95. The van der Waals surface area contributed by atoms with Gasteiger partial charge in [-0.05, 0) is 22.4 Å². The Morgan fingerprint density at radius 3 is 3.07 bits per heavy atom. The van der Waals surface area contributed by atoms with E-state index >= 15 is 0 Å². The summed E-state index contributed by atoms with van der Waals surface area (Å²) >= 11 is 3.28. The van der Waals surface area contributed by atoms with Crippen molar-refractivity contribution in [2.45, 2.75) is 19.4 Å². The topological polar surface area (TPSA) is 38.2 Å². The van der Waals surface area contributed by atoms with E-state index in [0.29, 0.717) is 6.04 Å². The number of morpholine rings is 1. The van der Waals surface area contributed by atoms with Gasteiger partial charge in [0.2, 0.25) is 0 Å². The summed E-state index contributed by atoms with van der Waals surface area (Å²) in [7, 11) is 0. The normalized spacial score (nSPS) is 21.7. The van der Waals surface area contributed by atoms with Crippen LogP contribution in [0.2, 0.25) is 0 Å². The van der Waals surface area contributed by atoms with Crippen LogP contribution in [0, 0.1) is 0 Å². The third-order valence-electron chi connectivity index (χ3n) is 2.60. The van der Waals surface area contributed by atoms with Crippen molar-refractivity contribution in [3.63, 3.8) is 0 Å². The largest absolute Gasteiger partial charge is 0.377 e. The van der Waals surface area contributed by atoms with E-state index in [-0.39, 0.29) is 0 Å². The van der Waals surface area contributed by atoms with Crippen LogP contribution in [0.25, 0.3) is 0 Å². The number of anilines is 1. The molecule has 1 unspecified atom stereocenters. The fourth-order valence-electron chi connectivity index (χ4n) is 1.75. The van der Waals surface area contributed by atoms with E-state index < -0.39 is 0 Å². The summed E-state index contributed by atoms with van der Waals surface area (Å²) < 4.78 is 6.22. The Morgan fingerprint density at radius 1 is 1.53 bits per heavy atom. The molecule has 1 aliphatic heterocycles. The van der Waals surface area contributed by atoms with Crippen molar-refractivity contribution in [2.24, 2.45) is 0 Å². The molecule has 0 saturated carbocycles. The maximum atomic E-state index is 5.45. The monoisotopic (exact) mass is 271 g/mol. The summed E-state index contributed by atoms with van der Waals surface area (Å²) in [5.74, 6) is 0.938. The molecule has 2 rings (SSSR count). The van der Waals surface area contributed by atoms with Gasteiger partial charge in [0.25, 0.3) is 0 Å². The van der Waals surface area contributed by atoms with Crippen LogP contribution >= 0.6 is 15.9 Å². The van der Waals surface area contributed by atoms with Crippen LogP contribution in [0.5, 0.6) is 0 Å². The summed E-state index contributed by atoms with van der Waals surface area (Å²) in [5, 5.41) is 0. The standard InChI is InChI=1S/C10H14BrN3O/c1-2-8-7-15-4-3-14(8)10-6-12-9(11)5-13-10/h5-6,8H,2-4,7H2,1H3. The molecule has 1 aromatic heterocycles. The van der Waals surface area contributed by atoms with Gasteiger partial charge in [-0.15, -0.1) is 0 Å². The first-order valence-electron chi connectivity index (χ1n) is 5.13. The molecule has 0 bridgehead atoms. The highest BCUT2D eigenvalue weighted by Gasteiger charge is 2.22. The smallest absolute Gasteiger partial charge is 0.147 e. The Balaban J connectivity index is 2.16. The average Bonchev–Trinajstić information content (AvgIpc) is 2.30. The number of ether oxygens (including phenoxy) is 1. The molecule has 1 aromatic rings. The Morgan fingerprint density at radius 2 is 2.40 bits per heavy atom. The maximum absolute atomic E-state index is 5.45. The van der Waals surface area contributed by atoms with E-state index in [1.807, 2.05) is 0 Å². The minimum atomic E-state index is 0.425. The second kappa shape index (κ2) is 4.90. The van der Waals surface area contributed by atoms with Crippen molar-refractivity contribution in [3.8, 4) is 0 Å². The summed E-state index contributed by atoms with van der Waals surface area (Å²) in [5.41, 5.74) is 0. The van der Waals surface area contributed by atoms with Crippen molar-refractivity contribution in [1.82, 2.24) is 9.97 Å². The van der Waals surface area contributed by atoms with Gasteiger partial charge >= 0.3 is 0 Å². The second-order valence-electron chi connectivity index (χ2n) is 3.53. The molecule has 1 aliphatic rings. The molecule has 82 valence electrons. The van der Waals surface area contributed by atoms with Gasteiger partial charge in [0.1, 0.15) is 10.4 Å². The summed E-state index contributed by atoms with van der Waals surface area (Å²) in [6.45, 7) is 4.62. The van der Waals surface area contributed by atoms with Crippen LogP contribution in [0.3, 0.4) is 0 Å². The first-order valence-corrected chi connectivity index (χ1v) is 5.92. The van der Waals surface area contributed by atoms with Crippen molar-refractivity contribution in [1.29, 1.82) is 0 Å². The van der Waals surface area contributed by atoms with Crippen molar-refractivity contribution < 1.29 is 4.74 Å². The summed E-state index contributed by atoms with van der Waals surface area (Å²) in [6, 6.07) is 0.425. The Labute approximate surface area is 97.8 Å². The van der Waals surface area contributed by atoms with Gasteiger partial charge in [0.15, 0.2) is 0 Å². The molecule has 15 heavy (non-hydrogen) atoms. The first-order chi connectivity index (χ1) is 7.31. The molecule has 1 fully saturated rings. The van der Waals surface area contributed by atoms with Gasteiger partial charge in [-0.2, -0.15) is 0 Å². The molecular formula is C10H14BrN3O. The summed E-state index contributed by atoms with van der Waals surface area (Å²) in [6.07, 6.45) is 4.60. The second-order valence-corrected chi connectivity index (χ2v) is 4.34. The lowest BCUT2D eigenvalue weighted by Gasteiger charge is -2.35. The van der Waals surface area contributed by atoms with Gasteiger partial charge in [0, 0.05) is 6.54 Å². The first kappa shape index (κ1) is 10.8. The van der Waals surface area contributed by atoms with Gasteiger partial charge in [-0.25, -0.2) is 9.97 Å². The van der Waals surface area contributed by atoms with Crippen molar-refractivity contribution >= 4 is 21.7 Å². The molecule has 0 spiro atoms. The molecule has 0 radical (unpaired) electrons. The molecule has 5 heteroatoms. The molecule has 2 heterocycles. The van der Waals surface area contributed by atoms with E-state index in [2.05, 4.69) is 37.7 Å². The highest BCUT2D eigenvalue weighted by Crippen LogP contribution is 2.18. The fraction of sp³-hybridized carbons (Fsp3) is 0.600. The molecule has 1 atom stereocenters. The molecular weight excluding hydrogens is 258 g/mol. The molecule has 4 nitrogen and oxygen atoms in total. The van der Waals surface area contributed by atoms with Crippen LogP contribution in [0.1, 0.15) is 13.3 Å². The maximum Gasteiger partial charge on any atom is 0.147 e. The summed E-state index contributed by atoms with van der Waals surface area (Å²) in [4.78, 5) is 10.8. The predicted octanol–water partition coefficient (Wildman–Crippen LogP) is 1.85. The van der Waals surface area contributed by atoms with Crippen LogP contribution in [-0.2, 0) is 4.74 Å². The highest BCUT2D eigenvalue weighted by atomic mass is 79.9.